The number of halogens is 1. The van der Waals surface area contributed by atoms with Gasteiger partial charge in [-0.1, -0.05) is 44.2 Å². The predicted molar refractivity (Wildman–Crippen MR) is 80.4 cm³/mol. The molecule has 0 fully saturated rings. The number of carbonyl (C=O) groups is 1. The van der Waals surface area contributed by atoms with Crippen molar-refractivity contribution < 1.29 is 4.79 Å². The predicted octanol–water partition coefficient (Wildman–Crippen LogP) is 5.31. The Morgan fingerprint density at radius 2 is 1.47 bits per heavy atom. The van der Waals surface area contributed by atoms with Crippen LogP contribution in [0.5, 0.6) is 0 Å². The number of rotatable bonds is 3. The molecule has 19 heavy (non-hydrogen) atoms. The van der Waals surface area contributed by atoms with Gasteiger partial charge in [-0.25, -0.2) is 0 Å². The van der Waals surface area contributed by atoms with E-state index in [9.17, 15) is 4.79 Å². The molecule has 0 unspecified atom stereocenters. The van der Waals surface area contributed by atoms with Gasteiger partial charge in [-0.05, 0) is 47.3 Å². The molecule has 0 spiro atoms. The van der Waals surface area contributed by atoms with Gasteiger partial charge < -0.3 is 0 Å². The topological polar surface area (TPSA) is 20.3 Å². The summed E-state index contributed by atoms with van der Waals surface area (Å²) in [5.74, 6) is 0.464. The normalized spacial score (nSPS) is 10.5. The van der Waals surface area contributed by atoms with Crippen molar-refractivity contribution in [2.75, 3.05) is 4.90 Å². The van der Waals surface area contributed by atoms with E-state index in [0.717, 1.165) is 11.4 Å². The zero-order valence-corrected chi connectivity index (χ0v) is 11.8. The van der Waals surface area contributed by atoms with Crippen LogP contribution < -0.4 is 4.90 Å². The first-order valence-corrected chi connectivity index (χ1v) is 6.62. The van der Waals surface area contributed by atoms with Gasteiger partial charge in [0.2, 0.25) is 0 Å². The molecule has 0 bridgehead atoms. The second kappa shape index (κ2) is 5.89. The number of hydrogen-bond donors (Lipinski definition) is 0. The maximum atomic E-state index is 11.7. The Balaban J connectivity index is 2.38. The molecule has 0 saturated heterocycles. The Kier molecular flexibility index (Phi) is 4.23. The third-order valence-corrected chi connectivity index (χ3v) is 3.18. The number of amides is 1. The van der Waals surface area contributed by atoms with Gasteiger partial charge in [0.25, 0.3) is 0 Å². The molecule has 0 aliphatic carbocycles. The van der Waals surface area contributed by atoms with Crippen LogP contribution in [0, 0.1) is 0 Å². The molecular formula is C16H16ClNO. The van der Waals surface area contributed by atoms with Crippen molar-refractivity contribution in [3.05, 3.63) is 60.2 Å². The van der Waals surface area contributed by atoms with E-state index >= 15 is 0 Å². The fourth-order valence-corrected chi connectivity index (χ4v) is 2.13. The second-order valence-electron chi connectivity index (χ2n) is 4.67. The van der Waals surface area contributed by atoms with Crippen molar-refractivity contribution in [2.24, 2.45) is 0 Å². The van der Waals surface area contributed by atoms with Crippen molar-refractivity contribution in [3.8, 4) is 0 Å². The molecule has 0 aliphatic rings. The molecule has 0 aromatic heterocycles. The monoisotopic (exact) mass is 273 g/mol. The lowest BCUT2D eigenvalue weighted by molar-refractivity contribution is 0.266. The molecule has 0 radical (unpaired) electrons. The molecule has 0 atom stereocenters. The number of anilines is 2. The largest absolute Gasteiger partial charge is 0.325 e. The number of hydrogen-bond acceptors (Lipinski definition) is 1. The minimum atomic E-state index is -0.511. The third-order valence-electron chi connectivity index (χ3n) is 3.01. The van der Waals surface area contributed by atoms with Crippen molar-refractivity contribution in [3.63, 3.8) is 0 Å². The molecule has 0 aliphatic heterocycles. The van der Waals surface area contributed by atoms with Crippen LogP contribution in [0.2, 0.25) is 0 Å². The molecule has 98 valence electrons. The van der Waals surface area contributed by atoms with Crippen LogP contribution in [0.1, 0.15) is 25.3 Å². The van der Waals surface area contributed by atoms with E-state index in [1.807, 2.05) is 54.6 Å². The zero-order chi connectivity index (χ0) is 13.8. The molecule has 3 heteroatoms. The summed E-state index contributed by atoms with van der Waals surface area (Å²) in [5, 5.41) is -0.511. The molecule has 2 nitrogen and oxygen atoms in total. The summed E-state index contributed by atoms with van der Waals surface area (Å²) in [5.41, 5.74) is 2.77. The Bertz CT molecular complexity index is 549. The van der Waals surface area contributed by atoms with Crippen LogP contribution in [0.3, 0.4) is 0 Å². The second-order valence-corrected chi connectivity index (χ2v) is 4.99. The van der Waals surface area contributed by atoms with Crippen molar-refractivity contribution in [1.29, 1.82) is 0 Å². The number of carbonyl (C=O) groups excluding carboxylic acids is 1. The molecule has 1 amide bonds. The quantitative estimate of drug-likeness (QED) is 0.548. The van der Waals surface area contributed by atoms with Gasteiger partial charge in [0.1, 0.15) is 0 Å². The van der Waals surface area contributed by atoms with Crippen LogP contribution in [0.4, 0.5) is 16.2 Å². The molecule has 2 rings (SSSR count). The number of nitrogens with zero attached hydrogens (tertiary/aromatic N) is 1. The highest BCUT2D eigenvalue weighted by atomic mass is 35.5. The first kappa shape index (κ1) is 13.6. The van der Waals surface area contributed by atoms with Crippen LogP contribution in [-0.4, -0.2) is 5.37 Å². The van der Waals surface area contributed by atoms with E-state index in [2.05, 4.69) is 13.8 Å². The van der Waals surface area contributed by atoms with E-state index in [1.54, 1.807) is 0 Å². The van der Waals surface area contributed by atoms with E-state index in [1.165, 1.54) is 10.5 Å². The smallest absolute Gasteiger partial charge is 0.268 e. The first-order valence-electron chi connectivity index (χ1n) is 6.24. The van der Waals surface area contributed by atoms with Crippen LogP contribution in [-0.2, 0) is 0 Å². The van der Waals surface area contributed by atoms with Gasteiger partial charge >= 0.3 is 5.37 Å². The maximum absolute atomic E-state index is 11.7. The molecule has 0 saturated carbocycles. The van der Waals surface area contributed by atoms with E-state index in [4.69, 9.17) is 11.6 Å². The standard InChI is InChI=1S/C16H16ClNO/c1-12(2)13-8-10-15(11-9-13)18(16(17)19)14-6-4-3-5-7-14/h3-12H,1-2H3. The Morgan fingerprint density at radius 1 is 0.947 bits per heavy atom. The lowest BCUT2D eigenvalue weighted by Gasteiger charge is -2.20. The van der Waals surface area contributed by atoms with Crippen LogP contribution in [0.25, 0.3) is 0 Å². The van der Waals surface area contributed by atoms with Crippen molar-refractivity contribution in [1.82, 2.24) is 0 Å². The number of para-hydroxylation sites is 1. The summed E-state index contributed by atoms with van der Waals surface area (Å²) in [6, 6.07) is 17.3. The highest BCUT2D eigenvalue weighted by molar-refractivity contribution is 6.66. The fourth-order valence-electron chi connectivity index (χ4n) is 1.94. The van der Waals surface area contributed by atoms with Gasteiger partial charge in [0.05, 0.1) is 11.4 Å². The summed E-state index contributed by atoms with van der Waals surface area (Å²) in [6.07, 6.45) is 0. The van der Waals surface area contributed by atoms with E-state index < -0.39 is 5.37 Å². The average molecular weight is 274 g/mol. The third kappa shape index (κ3) is 3.15. The summed E-state index contributed by atoms with van der Waals surface area (Å²) in [4.78, 5) is 13.1. The molecule has 0 N–H and O–H groups in total. The molecule has 2 aromatic carbocycles. The van der Waals surface area contributed by atoms with Crippen molar-refractivity contribution >= 4 is 28.3 Å². The van der Waals surface area contributed by atoms with Crippen molar-refractivity contribution in [2.45, 2.75) is 19.8 Å². The summed E-state index contributed by atoms with van der Waals surface area (Å²) < 4.78 is 0. The highest BCUT2D eigenvalue weighted by Crippen LogP contribution is 2.28. The Morgan fingerprint density at radius 3 is 1.95 bits per heavy atom. The minimum Gasteiger partial charge on any atom is -0.268 e. The first-order chi connectivity index (χ1) is 9.09. The zero-order valence-electron chi connectivity index (χ0n) is 11.0. The van der Waals surface area contributed by atoms with Gasteiger partial charge in [0.15, 0.2) is 0 Å². The number of benzene rings is 2. The maximum Gasteiger partial charge on any atom is 0.325 e. The van der Waals surface area contributed by atoms with E-state index in [-0.39, 0.29) is 0 Å². The fraction of sp³-hybridized carbons (Fsp3) is 0.188. The average Bonchev–Trinajstić information content (AvgIpc) is 2.40. The van der Waals surface area contributed by atoms with Gasteiger partial charge in [-0.2, -0.15) is 0 Å². The summed E-state index contributed by atoms with van der Waals surface area (Å²) in [7, 11) is 0. The molecule has 0 heterocycles. The lowest BCUT2D eigenvalue weighted by atomic mass is 10.0. The molecular weight excluding hydrogens is 258 g/mol. The minimum absolute atomic E-state index is 0.464. The summed E-state index contributed by atoms with van der Waals surface area (Å²) in [6.45, 7) is 4.27. The van der Waals surface area contributed by atoms with E-state index in [0.29, 0.717) is 5.92 Å². The van der Waals surface area contributed by atoms with Crippen LogP contribution >= 0.6 is 11.6 Å². The SMILES string of the molecule is CC(C)c1ccc(N(C(=O)Cl)c2ccccc2)cc1. The molecule has 2 aromatic rings. The van der Waals surface area contributed by atoms with Gasteiger partial charge in [0, 0.05) is 0 Å². The van der Waals surface area contributed by atoms with Gasteiger partial charge in [-0.3, -0.25) is 9.69 Å². The Labute approximate surface area is 118 Å². The Hall–Kier alpha value is -1.80. The lowest BCUT2D eigenvalue weighted by Crippen LogP contribution is -2.19. The van der Waals surface area contributed by atoms with Gasteiger partial charge in [-0.15, -0.1) is 0 Å². The summed E-state index contributed by atoms with van der Waals surface area (Å²) >= 11 is 5.70. The highest BCUT2D eigenvalue weighted by Gasteiger charge is 2.15. The van der Waals surface area contributed by atoms with Crippen LogP contribution in [0.15, 0.2) is 54.6 Å².